The number of carbonyl (C=O) groups excluding carboxylic acids is 2. The van der Waals surface area contributed by atoms with Crippen molar-refractivity contribution in [3.8, 4) is 11.5 Å². The highest BCUT2D eigenvalue weighted by atomic mass is 19.1. The number of nitrogens with one attached hydrogen (secondary N) is 1. The van der Waals surface area contributed by atoms with Crippen LogP contribution in [0.4, 0.5) is 19.7 Å². The Hall–Kier alpha value is -5.84. The number of fused-ring (bicyclic) bond motifs is 2. The fourth-order valence-corrected chi connectivity index (χ4v) is 10.9. The number of carbonyl (C=O) groups is 2. The van der Waals surface area contributed by atoms with Gasteiger partial charge in [-0.3, -0.25) is 15.0 Å². The van der Waals surface area contributed by atoms with Crippen molar-refractivity contribution >= 4 is 23.6 Å². The minimum absolute atomic E-state index is 0.0122. The zero-order valence-corrected chi connectivity index (χ0v) is 42.9. The molecule has 1 heterocycles. The monoisotopic (exact) mass is 1010 g/mol. The van der Waals surface area contributed by atoms with Crippen LogP contribution in [0, 0.1) is 33.7 Å². The van der Waals surface area contributed by atoms with Crippen molar-refractivity contribution in [2.75, 3.05) is 33.0 Å². The highest BCUT2D eigenvalue weighted by Gasteiger charge is 2.65. The smallest absolute Gasteiger partial charge is 0.412 e. The van der Waals surface area contributed by atoms with Crippen LogP contribution in [0.3, 0.4) is 0 Å². The summed E-state index contributed by atoms with van der Waals surface area (Å²) in [5.41, 5.74) is 3.27. The first-order valence-electron chi connectivity index (χ1n) is 26.6. The molecule has 3 aromatic rings. The quantitative estimate of drug-likeness (QED) is 0.0240. The van der Waals surface area contributed by atoms with Gasteiger partial charge in [-0.2, -0.15) is 0 Å². The highest BCUT2D eigenvalue weighted by molar-refractivity contribution is 6.03. The number of unbranched alkanes of at least 4 members (excludes halogenated alkanes) is 11. The molecule has 2 amide bonds. The van der Waals surface area contributed by atoms with Crippen molar-refractivity contribution in [2.24, 2.45) is 22.9 Å². The van der Waals surface area contributed by atoms with Crippen LogP contribution in [-0.2, 0) is 27.5 Å². The van der Waals surface area contributed by atoms with Gasteiger partial charge in [0.2, 0.25) is 5.79 Å². The van der Waals surface area contributed by atoms with Crippen LogP contribution in [0.5, 0.6) is 11.5 Å². The summed E-state index contributed by atoms with van der Waals surface area (Å²) in [6.07, 6.45) is 18.5. The lowest BCUT2D eigenvalue weighted by Crippen LogP contribution is -2.70. The number of ether oxygens (including phenoxy) is 4. The molecule has 1 saturated carbocycles. The molecular weight excluding hydrogens is 936 g/mol. The van der Waals surface area contributed by atoms with Gasteiger partial charge >= 0.3 is 12.2 Å². The third-order valence-electron chi connectivity index (χ3n) is 14.4. The SMILES string of the molecule is C=CCOC12Oc3ccc(OC(=O)NCCCCCCCCCCCC)cc3C3C(CCCCO)C(CCCCO)C=C(C(=NOCc4ccc([N+](=O)[O-])cc4)CC1N(Cc1ccc(F)cc1)C(=O)OCC)C32. The number of rotatable bonds is 31. The van der Waals surface area contributed by atoms with Gasteiger partial charge in [0.15, 0.2) is 0 Å². The number of amides is 2. The molecular formula is C57H77FN4O11. The normalized spacial score (nSPS) is 21.2. The van der Waals surface area contributed by atoms with Crippen molar-refractivity contribution in [1.82, 2.24) is 10.2 Å². The summed E-state index contributed by atoms with van der Waals surface area (Å²) in [7, 11) is 0. The van der Waals surface area contributed by atoms with Gasteiger partial charge in [0.1, 0.15) is 30.0 Å². The summed E-state index contributed by atoms with van der Waals surface area (Å²) in [6, 6.07) is 16.3. The van der Waals surface area contributed by atoms with Gasteiger partial charge in [0.05, 0.1) is 29.8 Å². The van der Waals surface area contributed by atoms with Gasteiger partial charge in [-0.05, 0) is 110 Å². The Balaban J connectivity index is 1.43. The predicted molar refractivity (Wildman–Crippen MR) is 278 cm³/mol. The number of halogens is 1. The average Bonchev–Trinajstić information content (AvgIpc) is 3.38. The second kappa shape index (κ2) is 29.2. The first-order chi connectivity index (χ1) is 35.6. The number of non-ortho nitro benzene ring substituents is 1. The van der Waals surface area contributed by atoms with E-state index in [1.165, 1.54) is 69.2 Å². The van der Waals surface area contributed by atoms with Gasteiger partial charge in [-0.25, -0.2) is 14.0 Å². The molecule has 15 nitrogen and oxygen atoms in total. The molecule has 73 heavy (non-hydrogen) atoms. The lowest BCUT2D eigenvalue weighted by molar-refractivity contribution is -0.384. The van der Waals surface area contributed by atoms with Crippen molar-refractivity contribution < 1.29 is 52.9 Å². The topological polar surface area (TPSA) is 192 Å². The van der Waals surface area contributed by atoms with E-state index in [0.717, 1.165) is 36.8 Å². The Bertz CT molecular complexity index is 2290. The maximum atomic E-state index is 14.5. The third-order valence-corrected chi connectivity index (χ3v) is 14.4. The van der Waals surface area contributed by atoms with Gasteiger partial charge in [-0.1, -0.05) is 107 Å². The molecule has 6 atom stereocenters. The molecule has 6 rings (SSSR count). The zero-order chi connectivity index (χ0) is 52.0. The maximum Gasteiger partial charge on any atom is 0.412 e. The first kappa shape index (κ1) is 56.5. The Morgan fingerprint density at radius 1 is 0.904 bits per heavy atom. The summed E-state index contributed by atoms with van der Waals surface area (Å²) in [5.74, 6) is -2.54. The molecule has 6 unspecified atom stereocenters. The highest BCUT2D eigenvalue weighted by Crippen LogP contribution is 2.62. The van der Waals surface area contributed by atoms with Crippen molar-refractivity contribution in [1.29, 1.82) is 0 Å². The number of nitrogens with zero attached hydrogens (tertiary/aromatic N) is 3. The lowest BCUT2D eigenvalue weighted by Gasteiger charge is -2.59. The second-order valence-corrected chi connectivity index (χ2v) is 19.4. The van der Waals surface area contributed by atoms with Gasteiger partial charge in [0.25, 0.3) is 5.69 Å². The number of benzene rings is 3. The number of aliphatic hydroxyl groups excluding tert-OH is 2. The maximum absolute atomic E-state index is 14.5. The van der Waals surface area contributed by atoms with E-state index in [1.807, 2.05) is 6.07 Å². The Morgan fingerprint density at radius 2 is 1.58 bits per heavy atom. The fraction of sp³-hybridized carbons (Fsp3) is 0.561. The molecule has 0 radical (unpaired) electrons. The summed E-state index contributed by atoms with van der Waals surface area (Å²) in [5, 5.41) is 39.2. The minimum atomic E-state index is -1.62. The molecule has 3 N–H and O–H groups in total. The predicted octanol–water partition coefficient (Wildman–Crippen LogP) is 12.2. The standard InChI is InChI=1S/C57H77FN4O11/c1-4-7-8-9-10-11-12-13-14-17-32-59-55(65)72-46-30-31-51-49(37-46)53-47(21-16-19-34-64)43(20-15-18-33-63)36-48-50(60-71-40-42-24-28-45(29-25-42)62(67)68)38-52(57(73-51,54(48)53)70-35-5-2)61(56(66)69-6-3)39-41-22-26-44(58)27-23-41/h5,22-31,36-37,43,47,52-54,63-64H,2,4,6-21,32-35,38-40H2,1,3H3,(H,59,65). The summed E-state index contributed by atoms with van der Waals surface area (Å²) in [6.45, 7) is 8.52. The summed E-state index contributed by atoms with van der Waals surface area (Å²) >= 11 is 0. The van der Waals surface area contributed by atoms with Crippen LogP contribution < -0.4 is 14.8 Å². The lowest BCUT2D eigenvalue weighted by atomic mass is 9.55. The van der Waals surface area contributed by atoms with Gasteiger partial charge in [0, 0.05) is 56.3 Å². The van der Waals surface area contributed by atoms with Crippen LogP contribution in [0.1, 0.15) is 146 Å². The van der Waals surface area contributed by atoms with E-state index in [4.69, 9.17) is 28.9 Å². The molecule has 0 saturated heterocycles. The number of nitro groups is 1. The molecule has 1 fully saturated rings. The second-order valence-electron chi connectivity index (χ2n) is 19.4. The molecule has 0 spiro atoms. The molecule has 0 aromatic heterocycles. The zero-order valence-electron chi connectivity index (χ0n) is 42.9. The van der Waals surface area contributed by atoms with E-state index in [-0.39, 0.29) is 63.5 Å². The molecule has 0 bridgehead atoms. The Labute approximate surface area is 430 Å². The van der Waals surface area contributed by atoms with Crippen LogP contribution in [0.2, 0.25) is 0 Å². The van der Waals surface area contributed by atoms with Gasteiger partial charge < -0.3 is 39.3 Å². The summed E-state index contributed by atoms with van der Waals surface area (Å²) < 4.78 is 40.5. The van der Waals surface area contributed by atoms with E-state index in [2.05, 4.69) is 24.9 Å². The number of hydrogen-bond donors (Lipinski definition) is 3. The van der Waals surface area contributed by atoms with E-state index >= 15 is 0 Å². The van der Waals surface area contributed by atoms with E-state index < -0.39 is 46.6 Å². The minimum Gasteiger partial charge on any atom is -0.459 e. The van der Waals surface area contributed by atoms with E-state index in [1.54, 1.807) is 54.3 Å². The van der Waals surface area contributed by atoms with E-state index in [9.17, 15) is 34.3 Å². The molecule has 16 heteroatoms. The number of nitro benzene ring substituents is 1. The fourth-order valence-electron chi connectivity index (χ4n) is 10.9. The van der Waals surface area contributed by atoms with E-state index in [0.29, 0.717) is 67.0 Å². The van der Waals surface area contributed by atoms with Crippen molar-refractivity contribution in [2.45, 2.75) is 154 Å². The van der Waals surface area contributed by atoms with Crippen LogP contribution >= 0.6 is 0 Å². The van der Waals surface area contributed by atoms with Crippen LogP contribution in [0.25, 0.3) is 0 Å². The number of aliphatic hydroxyl groups is 2. The molecule has 398 valence electrons. The Morgan fingerprint density at radius 3 is 2.23 bits per heavy atom. The third kappa shape index (κ3) is 15.4. The first-order valence-corrected chi connectivity index (χ1v) is 26.6. The van der Waals surface area contributed by atoms with Gasteiger partial charge in [-0.15, -0.1) is 6.58 Å². The number of allylic oxidation sites excluding steroid dienone is 1. The molecule has 1 aliphatic heterocycles. The largest absolute Gasteiger partial charge is 0.459 e. The average molecular weight is 1010 g/mol. The number of oxime groups is 1. The molecule has 3 aliphatic rings. The summed E-state index contributed by atoms with van der Waals surface area (Å²) in [4.78, 5) is 46.6. The molecule has 3 aromatic carbocycles. The number of hydrogen-bond acceptors (Lipinski definition) is 12. The molecule has 2 aliphatic carbocycles. The van der Waals surface area contributed by atoms with Crippen LogP contribution in [0.15, 0.2) is 96.2 Å². The van der Waals surface area contributed by atoms with Crippen LogP contribution in [-0.4, -0.2) is 82.7 Å². The van der Waals surface area contributed by atoms with Crippen molar-refractivity contribution in [3.63, 3.8) is 0 Å². The van der Waals surface area contributed by atoms with Crippen molar-refractivity contribution in [3.05, 3.63) is 124 Å². The Kier molecular flexibility index (Phi) is 22.5.